The lowest BCUT2D eigenvalue weighted by Gasteiger charge is -2.33. The summed E-state index contributed by atoms with van der Waals surface area (Å²) in [6, 6.07) is 3.41. The quantitative estimate of drug-likeness (QED) is 0.717. The monoisotopic (exact) mass is 483 g/mol. The Labute approximate surface area is 191 Å². The largest absolute Gasteiger partial charge is 0.419 e. The van der Waals surface area contributed by atoms with Gasteiger partial charge in [0, 0.05) is 48.5 Å². The fourth-order valence-corrected chi connectivity index (χ4v) is 6.93. The van der Waals surface area contributed by atoms with Crippen LogP contribution in [-0.4, -0.2) is 58.7 Å². The first-order chi connectivity index (χ1) is 15.4. The number of alkyl halides is 3. The molecular formula is C22H28F3N5O2S. The number of rotatable bonds is 4. The highest BCUT2D eigenvalue weighted by atomic mass is 32.2. The summed E-state index contributed by atoms with van der Waals surface area (Å²) < 4.78 is 65.3. The number of anilines is 1. The second kappa shape index (κ2) is 7.69. The van der Waals surface area contributed by atoms with Gasteiger partial charge in [-0.1, -0.05) is 0 Å². The first kappa shape index (κ1) is 22.6. The van der Waals surface area contributed by atoms with Crippen LogP contribution >= 0.6 is 0 Å². The fraction of sp³-hybridized carbons (Fsp3) is 0.636. The van der Waals surface area contributed by atoms with Gasteiger partial charge in [0.25, 0.3) is 0 Å². The van der Waals surface area contributed by atoms with E-state index in [2.05, 4.69) is 15.0 Å². The van der Waals surface area contributed by atoms with Gasteiger partial charge in [-0.25, -0.2) is 13.4 Å². The summed E-state index contributed by atoms with van der Waals surface area (Å²) in [5, 5.41) is 4.64. The highest BCUT2D eigenvalue weighted by molar-refractivity contribution is 7.91. The Kier molecular flexibility index (Phi) is 5.28. The highest BCUT2D eigenvalue weighted by Crippen LogP contribution is 2.64. The molecule has 0 amide bonds. The average Bonchev–Trinajstić information content (AvgIpc) is 3.06. The Morgan fingerprint density at radius 2 is 1.76 bits per heavy atom. The second-order valence-corrected chi connectivity index (χ2v) is 12.1. The van der Waals surface area contributed by atoms with E-state index < -0.39 is 27.4 Å². The van der Waals surface area contributed by atoms with Crippen molar-refractivity contribution in [3.63, 3.8) is 0 Å². The average molecular weight is 484 g/mol. The number of hydrogen-bond donors (Lipinski definition) is 1. The molecule has 0 bridgehead atoms. The number of nitrogen functional groups attached to an aromatic ring is 1. The molecule has 2 unspecified atom stereocenters. The van der Waals surface area contributed by atoms with Crippen molar-refractivity contribution in [3.8, 4) is 11.3 Å². The van der Waals surface area contributed by atoms with E-state index in [-0.39, 0.29) is 17.5 Å². The molecular weight excluding hydrogens is 455 g/mol. The third kappa shape index (κ3) is 4.14. The molecule has 2 aromatic rings. The van der Waals surface area contributed by atoms with E-state index in [1.165, 1.54) is 6.20 Å². The smallest absolute Gasteiger partial charge is 0.383 e. The van der Waals surface area contributed by atoms with Crippen molar-refractivity contribution in [1.29, 1.82) is 0 Å². The van der Waals surface area contributed by atoms with Crippen LogP contribution in [0.25, 0.3) is 11.3 Å². The molecule has 3 fully saturated rings. The summed E-state index contributed by atoms with van der Waals surface area (Å²) >= 11 is 0. The minimum atomic E-state index is -4.58. The van der Waals surface area contributed by atoms with E-state index >= 15 is 0 Å². The summed E-state index contributed by atoms with van der Waals surface area (Å²) in [4.78, 5) is 6.07. The van der Waals surface area contributed by atoms with Crippen LogP contribution in [0.5, 0.6) is 0 Å². The van der Waals surface area contributed by atoms with E-state index in [1.54, 1.807) is 0 Å². The zero-order chi connectivity index (χ0) is 23.7. The molecule has 2 aromatic heterocycles. The van der Waals surface area contributed by atoms with Crippen molar-refractivity contribution in [3.05, 3.63) is 29.6 Å². The molecule has 11 heteroatoms. The maximum Gasteiger partial charge on any atom is 0.419 e. The zero-order valence-corrected chi connectivity index (χ0v) is 19.4. The molecule has 2 aliphatic carbocycles. The predicted molar refractivity (Wildman–Crippen MR) is 118 cm³/mol. The van der Waals surface area contributed by atoms with Crippen LogP contribution in [-0.2, 0) is 16.0 Å². The summed E-state index contributed by atoms with van der Waals surface area (Å²) in [6.45, 7) is 5.24. The van der Waals surface area contributed by atoms with Gasteiger partial charge in [0.15, 0.2) is 9.84 Å². The van der Waals surface area contributed by atoms with E-state index in [0.717, 1.165) is 24.6 Å². The number of hydrogen-bond acceptors (Lipinski definition) is 6. The van der Waals surface area contributed by atoms with Crippen molar-refractivity contribution in [2.45, 2.75) is 50.9 Å². The maximum atomic E-state index is 13.3. The topological polar surface area (TPSA) is 94.1 Å². The zero-order valence-electron chi connectivity index (χ0n) is 18.6. The lowest BCUT2D eigenvalue weighted by Crippen LogP contribution is -2.45. The Hall–Kier alpha value is -2.14. The van der Waals surface area contributed by atoms with E-state index in [4.69, 9.17) is 5.73 Å². The van der Waals surface area contributed by atoms with Gasteiger partial charge in [0.05, 0.1) is 22.8 Å². The third-order valence-corrected chi connectivity index (χ3v) is 9.04. The molecule has 2 saturated carbocycles. The summed E-state index contributed by atoms with van der Waals surface area (Å²) in [7, 11) is -2.89. The molecule has 0 radical (unpaired) electrons. The first-order valence-electron chi connectivity index (χ1n) is 11.3. The molecule has 1 aliphatic heterocycles. The number of fused-ring (bicyclic) bond motifs is 1. The minimum Gasteiger partial charge on any atom is -0.383 e. The Bertz CT molecular complexity index is 1150. The number of aromatic nitrogens is 3. The predicted octanol–water partition coefficient (Wildman–Crippen LogP) is 3.35. The van der Waals surface area contributed by atoms with Crippen molar-refractivity contribution in [1.82, 2.24) is 19.7 Å². The van der Waals surface area contributed by atoms with Crippen LogP contribution in [0.1, 0.15) is 49.9 Å². The molecule has 3 aliphatic rings. The van der Waals surface area contributed by atoms with Gasteiger partial charge in [-0.2, -0.15) is 18.3 Å². The van der Waals surface area contributed by atoms with Gasteiger partial charge in [-0.15, -0.1) is 0 Å². The molecule has 0 aromatic carbocycles. The molecule has 7 nitrogen and oxygen atoms in total. The Balaban J connectivity index is 1.35. The summed E-state index contributed by atoms with van der Waals surface area (Å²) in [6.07, 6.45) is -1.19. The lowest BCUT2D eigenvalue weighted by molar-refractivity contribution is -0.137. The number of sulfone groups is 1. The van der Waals surface area contributed by atoms with Gasteiger partial charge >= 0.3 is 6.18 Å². The highest BCUT2D eigenvalue weighted by Gasteiger charge is 2.58. The molecule has 4 atom stereocenters. The van der Waals surface area contributed by atoms with Crippen LogP contribution in [0.15, 0.2) is 18.3 Å². The molecule has 2 N–H and O–H groups in total. The molecule has 5 rings (SSSR count). The van der Waals surface area contributed by atoms with E-state index in [9.17, 15) is 21.6 Å². The van der Waals surface area contributed by atoms with Crippen molar-refractivity contribution in [2.75, 3.05) is 30.3 Å². The normalized spacial score (nSPS) is 29.4. The molecule has 1 saturated heterocycles. The van der Waals surface area contributed by atoms with Crippen molar-refractivity contribution >= 4 is 15.7 Å². The van der Waals surface area contributed by atoms with Crippen LogP contribution in [0.4, 0.5) is 19.0 Å². The van der Waals surface area contributed by atoms with Gasteiger partial charge < -0.3 is 5.73 Å². The minimum absolute atomic E-state index is 0.0713. The van der Waals surface area contributed by atoms with Crippen LogP contribution < -0.4 is 5.73 Å². The van der Waals surface area contributed by atoms with E-state index in [0.29, 0.717) is 48.1 Å². The maximum absolute atomic E-state index is 13.3. The Morgan fingerprint density at radius 1 is 1.12 bits per heavy atom. The number of halogens is 3. The van der Waals surface area contributed by atoms with Crippen molar-refractivity contribution in [2.24, 2.45) is 11.8 Å². The Morgan fingerprint density at radius 3 is 2.33 bits per heavy atom. The standard InChI is InChI=1S/C22H28F3N5O2S/c1-12(2)30-19(10-18(28-30)13-7-17(22(23,24)25)21(26)27-11-13)20-15-8-14(9-16(15)20)29-3-5-33(31,32)6-4-29/h7,10-12,14-16,20H,3-6,8-9H2,1-2H3,(H2,26,27)/t14?,15-,16+,20?. The third-order valence-electron chi connectivity index (χ3n) is 7.43. The molecule has 180 valence electrons. The lowest BCUT2D eigenvalue weighted by atomic mass is 10.0. The van der Waals surface area contributed by atoms with Gasteiger partial charge in [0.1, 0.15) is 5.82 Å². The molecule has 0 spiro atoms. The van der Waals surface area contributed by atoms with Crippen LogP contribution in [0, 0.1) is 11.8 Å². The van der Waals surface area contributed by atoms with Gasteiger partial charge in [0.2, 0.25) is 0 Å². The van der Waals surface area contributed by atoms with E-state index in [1.807, 2.05) is 24.6 Å². The number of nitrogens with zero attached hydrogens (tertiary/aromatic N) is 4. The van der Waals surface area contributed by atoms with Crippen molar-refractivity contribution < 1.29 is 21.6 Å². The van der Waals surface area contributed by atoms with Gasteiger partial charge in [-0.3, -0.25) is 9.58 Å². The first-order valence-corrected chi connectivity index (χ1v) is 13.1. The molecule has 33 heavy (non-hydrogen) atoms. The van der Waals surface area contributed by atoms with Crippen LogP contribution in [0.3, 0.4) is 0 Å². The summed E-state index contributed by atoms with van der Waals surface area (Å²) in [5.74, 6) is 1.28. The fourth-order valence-electron chi connectivity index (χ4n) is 5.70. The van der Waals surface area contributed by atoms with Gasteiger partial charge in [-0.05, 0) is 50.7 Å². The molecule has 3 heterocycles. The van der Waals surface area contributed by atoms with Crippen LogP contribution in [0.2, 0.25) is 0 Å². The summed E-state index contributed by atoms with van der Waals surface area (Å²) in [5.41, 5.74) is 6.33. The SMILES string of the molecule is CC(C)n1nc(-c2cnc(N)c(C(F)(F)F)c2)cc1C1[C@H]2CC(N3CCS(=O)(=O)CC3)C[C@@H]12. The number of pyridine rings is 1. The number of nitrogens with two attached hydrogens (primary N) is 1. The second-order valence-electron chi connectivity index (χ2n) is 9.81.